The van der Waals surface area contributed by atoms with Gasteiger partial charge < -0.3 is 10.6 Å². The smallest absolute Gasteiger partial charge is 0.226 e. The maximum Gasteiger partial charge on any atom is 0.226 e. The van der Waals surface area contributed by atoms with Crippen LogP contribution in [0.3, 0.4) is 0 Å². The number of hydrogen-bond donors (Lipinski definition) is 1. The molecule has 3 saturated carbocycles. The van der Waals surface area contributed by atoms with E-state index in [1.807, 2.05) is 0 Å². The first kappa shape index (κ1) is 14.4. The molecule has 3 aliphatic rings. The lowest BCUT2D eigenvalue weighted by Gasteiger charge is -2.37. The number of carbonyl (C=O) groups is 1. The SMILES string of the molecule is NC[C@H]1CCC[C@H]1C(=O)N(CC1CC1)C1CCCCC1. The number of nitrogens with two attached hydrogens (primary N) is 1. The van der Waals surface area contributed by atoms with Crippen molar-refractivity contribution in [1.82, 2.24) is 4.90 Å². The molecule has 20 heavy (non-hydrogen) atoms. The molecule has 1 amide bonds. The van der Waals surface area contributed by atoms with Gasteiger partial charge in [0.2, 0.25) is 5.91 Å². The van der Waals surface area contributed by atoms with Gasteiger partial charge in [0.15, 0.2) is 0 Å². The van der Waals surface area contributed by atoms with Gasteiger partial charge in [-0.2, -0.15) is 0 Å². The van der Waals surface area contributed by atoms with Crippen molar-refractivity contribution in [1.29, 1.82) is 0 Å². The van der Waals surface area contributed by atoms with Gasteiger partial charge in [-0.05, 0) is 56.9 Å². The fourth-order valence-corrected chi connectivity index (χ4v) is 4.25. The minimum Gasteiger partial charge on any atom is -0.339 e. The van der Waals surface area contributed by atoms with Crippen molar-refractivity contribution in [2.24, 2.45) is 23.5 Å². The third-order valence-electron chi connectivity index (χ3n) is 5.73. The van der Waals surface area contributed by atoms with E-state index in [9.17, 15) is 4.79 Å². The lowest BCUT2D eigenvalue weighted by molar-refractivity contribution is -0.140. The van der Waals surface area contributed by atoms with Crippen LogP contribution < -0.4 is 5.73 Å². The van der Waals surface area contributed by atoms with Crippen molar-refractivity contribution >= 4 is 5.91 Å². The van der Waals surface area contributed by atoms with Gasteiger partial charge in [0.1, 0.15) is 0 Å². The Morgan fingerprint density at radius 2 is 1.70 bits per heavy atom. The predicted octanol–water partition coefficient (Wildman–Crippen LogP) is 2.93. The van der Waals surface area contributed by atoms with Crippen LogP contribution in [-0.2, 0) is 4.79 Å². The Morgan fingerprint density at radius 1 is 0.950 bits per heavy atom. The Labute approximate surface area is 123 Å². The van der Waals surface area contributed by atoms with Crippen LogP contribution in [-0.4, -0.2) is 29.9 Å². The molecule has 3 aliphatic carbocycles. The zero-order valence-corrected chi connectivity index (χ0v) is 12.7. The first-order valence-electron chi connectivity index (χ1n) is 8.80. The van der Waals surface area contributed by atoms with E-state index >= 15 is 0 Å². The molecule has 3 fully saturated rings. The number of hydrogen-bond acceptors (Lipinski definition) is 2. The normalized spacial score (nSPS) is 31.4. The summed E-state index contributed by atoms with van der Waals surface area (Å²) in [7, 11) is 0. The molecule has 3 nitrogen and oxygen atoms in total. The second-order valence-electron chi connectivity index (χ2n) is 7.26. The number of nitrogens with zero attached hydrogens (tertiary/aromatic N) is 1. The van der Waals surface area contributed by atoms with Crippen molar-refractivity contribution in [3.63, 3.8) is 0 Å². The summed E-state index contributed by atoms with van der Waals surface area (Å²) in [5.74, 6) is 1.95. The molecule has 0 unspecified atom stereocenters. The fraction of sp³-hybridized carbons (Fsp3) is 0.941. The van der Waals surface area contributed by atoms with E-state index in [1.165, 1.54) is 51.4 Å². The molecular weight excluding hydrogens is 248 g/mol. The summed E-state index contributed by atoms with van der Waals surface area (Å²) in [5, 5.41) is 0. The zero-order chi connectivity index (χ0) is 13.9. The highest BCUT2D eigenvalue weighted by Gasteiger charge is 2.39. The minimum atomic E-state index is 0.237. The highest BCUT2D eigenvalue weighted by Crippen LogP contribution is 2.37. The van der Waals surface area contributed by atoms with Crippen molar-refractivity contribution in [3.8, 4) is 0 Å². The molecule has 0 saturated heterocycles. The van der Waals surface area contributed by atoms with Gasteiger partial charge in [-0.3, -0.25) is 4.79 Å². The Morgan fingerprint density at radius 3 is 2.35 bits per heavy atom. The van der Waals surface area contributed by atoms with E-state index in [0.717, 1.165) is 25.3 Å². The van der Waals surface area contributed by atoms with Gasteiger partial charge in [0.05, 0.1) is 0 Å². The van der Waals surface area contributed by atoms with Crippen LogP contribution in [0.5, 0.6) is 0 Å². The summed E-state index contributed by atoms with van der Waals surface area (Å²) in [6, 6.07) is 0.538. The Balaban J connectivity index is 1.68. The molecule has 0 heterocycles. The van der Waals surface area contributed by atoms with Gasteiger partial charge in [-0.25, -0.2) is 0 Å². The van der Waals surface area contributed by atoms with E-state index in [4.69, 9.17) is 5.73 Å². The molecule has 3 rings (SSSR count). The van der Waals surface area contributed by atoms with Crippen LogP contribution in [0, 0.1) is 17.8 Å². The molecule has 0 bridgehead atoms. The minimum absolute atomic E-state index is 0.237. The van der Waals surface area contributed by atoms with Crippen LogP contribution in [0.15, 0.2) is 0 Å². The lowest BCUT2D eigenvalue weighted by atomic mass is 9.90. The molecule has 2 atom stereocenters. The predicted molar refractivity (Wildman–Crippen MR) is 81.2 cm³/mol. The molecule has 114 valence electrons. The van der Waals surface area contributed by atoms with E-state index in [0.29, 0.717) is 24.4 Å². The van der Waals surface area contributed by atoms with Crippen molar-refractivity contribution < 1.29 is 4.79 Å². The van der Waals surface area contributed by atoms with Crippen LogP contribution in [0.1, 0.15) is 64.2 Å². The van der Waals surface area contributed by atoms with E-state index in [2.05, 4.69) is 4.90 Å². The third kappa shape index (κ3) is 3.19. The highest BCUT2D eigenvalue weighted by molar-refractivity contribution is 5.80. The summed E-state index contributed by atoms with van der Waals surface area (Å²) in [6.45, 7) is 1.73. The van der Waals surface area contributed by atoms with Crippen LogP contribution in [0.25, 0.3) is 0 Å². The maximum absolute atomic E-state index is 13.0. The monoisotopic (exact) mass is 278 g/mol. The van der Waals surface area contributed by atoms with Gasteiger partial charge >= 0.3 is 0 Å². The van der Waals surface area contributed by atoms with E-state index < -0.39 is 0 Å². The van der Waals surface area contributed by atoms with Gasteiger partial charge in [-0.1, -0.05) is 25.7 Å². The standard InChI is InChI=1S/C17H30N2O/c18-11-14-5-4-8-16(14)17(20)19(12-13-9-10-13)15-6-2-1-3-7-15/h13-16H,1-12,18H2/t14-,16-/m1/s1. The zero-order valence-electron chi connectivity index (χ0n) is 12.7. The molecule has 0 radical (unpaired) electrons. The molecule has 2 N–H and O–H groups in total. The molecular formula is C17H30N2O. The Kier molecular flexibility index (Phi) is 4.65. The van der Waals surface area contributed by atoms with Gasteiger partial charge in [-0.15, -0.1) is 0 Å². The lowest BCUT2D eigenvalue weighted by Crippen LogP contribution is -2.47. The summed E-state index contributed by atoms with van der Waals surface area (Å²) in [4.78, 5) is 15.3. The summed E-state index contributed by atoms with van der Waals surface area (Å²) in [6.07, 6.45) is 12.6. The van der Waals surface area contributed by atoms with Crippen molar-refractivity contribution in [2.75, 3.05) is 13.1 Å². The molecule has 0 aromatic rings. The quantitative estimate of drug-likeness (QED) is 0.840. The van der Waals surface area contributed by atoms with Crippen LogP contribution in [0.4, 0.5) is 0 Å². The first-order valence-corrected chi connectivity index (χ1v) is 8.80. The third-order valence-corrected chi connectivity index (χ3v) is 5.73. The summed E-state index contributed by atoms with van der Waals surface area (Å²) >= 11 is 0. The molecule has 0 aromatic heterocycles. The molecule has 0 aliphatic heterocycles. The van der Waals surface area contributed by atoms with Crippen molar-refractivity contribution in [3.05, 3.63) is 0 Å². The average Bonchev–Trinajstić information content (AvgIpc) is 3.19. The van der Waals surface area contributed by atoms with Crippen molar-refractivity contribution in [2.45, 2.75) is 70.3 Å². The van der Waals surface area contributed by atoms with Gasteiger partial charge in [0.25, 0.3) is 0 Å². The number of rotatable bonds is 5. The Bertz CT molecular complexity index is 334. The second-order valence-corrected chi connectivity index (χ2v) is 7.26. The van der Waals surface area contributed by atoms with Crippen LogP contribution in [0.2, 0.25) is 0 Å². The largest absolute Gasteiger partial charge is 0.339 e. The maximum atomic E-state index is 13.0. The summed E-state index contributed by atoms with van der Waals surface area (Å²) in [5.41, 5.74) is 5.88. The summed E-state index contributed by atoms with van der Waals surface area (Å²) < 4.78 is 0. The van der Waals surface area contributed by atoms with Gasteiger partial charge in [0, 0.05) is 18.5 Å². The molecule has 0 spiro atoms. The topological polar surface area (TPSA) is 46.3 Å². The van der Waals surface area contributed by atoms with E-state index in [1.54, 1.807) is 0 Å². The fourth-order valence-electron chi connectivity index (χ4n) is 4.25. The highest BCUT2D eigenvalue weighted by atomic mass is 16.2. The first-order chi connectivity index (χ1) is 9.79. The molecule has 0 aromatic carbocycles. The second kappa shape index (κ2) is 6.46. The average molecular weight is 278 g/mol. The number of amides is 1. The Hall–Kier alpha value is -0.570. The van der Waals surface area contributed by atoms with Crippen LogP contribution >= 0.6 is 0 Å². The van der Waals surface area contributed by atoms with E-state index in [-0.39, 0.29) is 5.92 Å². The molecule has 3 heteroatoms. The number of carbonyl (C=O) groups excluding carboxylic acids is 1.